The fraction of sp³-hybridized carbons (Fsp3) is 0.189. The van der Waals surface area contributed by atoms with Crippen LogP contribution in [0.2, 0.25) is 0 Å². The van der Waals surface area contributed by atoms with Crippen molar-refractivity contribution in [2.75, 3.05) is 0 Å². The first kappa shape index (κ1) is 34.3. The highest BCUT2D eigenvalue weighted by atomic mass is 15.0. The molecule has 1 saturated carbocycles. The third-order valence-corrected chi connectivity index (χ3v) is 12.3. The van der Waals surface area contributed by atoms with Gasteiger partial charge in [0, 0.05) is 22.1 Å². The Bertz CT molecular complexity index is 2650. The Morgan fingerprint density at radius 2 is 1.14 bits per heavy atom. The second-order valence-corrected chi connectivity index (χ2v) is 15.7. The van der Waals surface area contributed by atoms with E-state index in [2.05, 4.69) is 164 Å². The summed E-state index contributed by atoms with van der Waals surface area (Å²) in [6.45, 7) is 0. The van der Waals surface area contributed by atoms with Crippen LogP contribution in [0.3, 0.4) is 0 Å². The van der Waals surface area contributed by atoms with Crippen LogP contribution in [0.4, 0.5) is 0 Å². The minimum Gasteiger partial charge on any atom is -0.208 e. The molecule has 1 fully saturated rings. The molecule has 0 amide bonds. The zero-order valence-electron chi connectivity index (χ0n) is 31.8. The summed E-state index contributed by atoms with van der Waals surface area (Å²) in [7, 11) is 0. The molecule has 3 aliphatic carbocycles. The highest BCUT2D eigenvalue weighted by Crippen LogP contribution is 2.46. The predicted molar refractivity (Wildman–Crippen MR) is 233 cm³/mol. The Hall–Kier alpha value is -6.19. The van der Waals surface area contributed by atoms with Crippen LogP contribution in [0.15, 0.2) is 158 Å². The number of benzene rings is 6. The van der Waals surface area contributed by atoms with Crippen LogP contribution in [0.5, 0.6) is 0 Å². The Balaban J connectivity index is 0.989. The summed E-state index contributed by atoms with van der Waals surface area (Å²) in [6, 6.07) is 49.3. The first-order chi connectivity index (χ1) is 27.7. The van der Waals surface area contributed by atoms with Crippen molar-refractivity contribution in [1.29, 1.82) is 0 Å². The molecule has 0 N–H and O–H groups in total. The number of rotatable bonds is 7. The average molecular weight is 724 g/mol. The van der Waals surface area contributed by atoms with E-state index < -0.39 is 0 Å². The molecule has 7 aromatic rings. The fourth-order valence-electron chi connectivity index (χ4n) is 9.36. The van der Waals surface area contributed by atoms with E-state index in [-0.39, 0.29) is 5.41 Å². The van der Waals surface area contributed by atoms with Crippen molar-refractivity contribution >= 4 is 22.4 Å². The number of nitrogens with zero attached hydrogens (tertiary/aromatic N) is 3. The van der Waals surface area contributed by atoms with E-state index in [1.54, 1.807) is 0 Å². The number of allylic oxidation sites excluding steroid dienone is 5. The quantitative estimate of drug-likeness (QED) is 0.164. The number of hydrogen-bond donors (Lipinski definition) is 0. The van der Waals surface area contributed by atoms with Gasteiger partial charge in [-0.25, -0.2) is 15.0 Å². The average Bonchev–Trinajstić information content (AvgIpc) is 3.29. The number of aromatic nitrogens is 3. The van der Waals surface area contributed by atoms with Crippen molar-refractivity contribution in [1.82, 2.24) is 15.0 Å². The van der Waals surface area contributed by atoms with Gasteiger partial charge in [0.15, 0.2) is 17.5 Å². The van der Waals surface area contributed by atoms with E-state index in [4.69, 9.17) is 15.0 Å². The van der Waals surface area contributed by atoms with Gasteiger partial charge in [-0.2, -0.15) is 0 Å². The van der Waals surface area contributed by atoms with Gasteiger partial charge in [0.2, 0.25) is 0 Å². The molecule has 0 saturated heterocycles. The number of fused-ring (bicyclic) bond motifs is 2. The molecule has 0 atom stereocenters. The molecule has 0 unspecified atom stereocenters. The molecule has 3 nitrogen and oxygen atoms in total. The summed E-state index contributed by atoms with van der Waals surface area (Å²) in [6.07, 6.45) is 21.6. The SMILES string of the molecule is C1=CC(c2nc(-c3ccc(C4(c5ccc(-c6cccc(-c7cccc8c7C=CCC8)c6)cc5)CCCCC4)cc3)nc(-c3cccc4ccccc34)n2)=CCC1. The van der Waals surface area contributed by atoms with Gasteiger partial charge in [-0.1, -0.05) is 177 Å². The fourth-order valence-corrected chi connectivity index (χ4v) is 9.36. The van der Waals surface area contributed by atoms with Crippen LogP contribution in [-0.2, 0) is 11.8 Å². The van der Waals surface area contributed by atoms with Gasteiger partial charge in [0.1, 0.15) is 0 Å². The molecular formula is C53H45N3. The Morgan fingerprint density at radius 1 is 0.464 bits per heavy atom. The molecule has 3 aliphatic rings. The molecule has 6 aromatic carbocycles. The van der Waals surface area contributed by atoms with Crippen LogP contribution in [0.25, 0.3) is 67.5 Å². The highest BCUT2D eigenvalue weighted by Gasteiger charge is 2.35. The van der Waals surface area contributed by atoms with Crippen molar-refractivity contribution < 1.29 is 0 Å². The van der Waals surface area contributed by atoms with E-state index in [0.29, 0.717) is 11.6 Å². The summed E-state index contributed by atoms with van der Waals surface area (Å²) in [5.41, 5.74) is 13.8. The maximum atomic E-state index is 5.14. The molecule has 0 aliphatic heterocycles. The second-order valence-electron chi connectivity index (χ2n) is 15.7. The molecule has 0 radical (unpaired) electrons. The first-order valence-electron chi connectivity index (χ1n) is 20.4. The van der Waals surface area contributed by atoms with Crippen molar-refractivity contribution in [3.8, 4) is 45.0 Å². The summed E-state index contributed by atoms with van der Waals surface area (Å²) >= 11 is 0. The molecule has 272 valence electrons. The van der Waals surface area contributed by atoms with Crippen LogP contribution >= 0.6 is 0 Å². The molecule has 1 aromatic heterocycles. The lowest BCUT2D eigenvalue weighted by molar-refractivity contribution is 0.346. The molecule has 10 rings (SSSR count). The summed E-state index contributed by atoms with van der Waals surface area (Å²) in [5, 5.41) is 2.32. The number of hydrogen-bond acceptors (Lipinski definition) is 3. The second kappa shape index (κ2) is 14.8. The van der Waals surface area contributed by atoms with E-state index in [1.165, 1.54) is 69.2 Å². The normalized spacial score (nSPS) is 16.0. The zero-order chi connectivity index (χ0) is 37.3. The summed E-state index contributed by atoms with van der Waals surface area (Å²) < 4.78 is 0. The minimum absolute atomic E-state index is 0.0251. The standard InChI is InChI=1S/C53H45N3/c1-3-16-40(17-4-1)50-54-51(56-52(55-50)49-25-13-19-39-15-6-8-23-47(39)49)41-28-32-45(33-29-41)53(34-9-2-10-35-53)44-30-26-37(27-31-44)42-20-11-21-43(36-42)48-24-12-18-38-14-5-7-22-46(38)48/h3,6-8,11-13,15-33,36H,1-2,4-5,9-10,14,34-35H2. The van der Waals surface area contributed by atoms with Crippen molar-refractivity contribution in [2.24, 2.45) is 0 Å². The molecule has 0 spiro atoms. The van der Waals surface area contributed by atoms with Crippen LogP contribution in [0, 0.1) is 0 Å². The van der Waals surface area contributed by atoms with Gasteiger partial charge in [-0.05, 0) is 99.9 Å². The summed E-state index contributed by atoms with van der Waals surface area (Å²) in [5.74, 6) is 2.15. The molecule has 56 heavy (non-hydrogen) atoms. The highest BCUT2D eigenvalue weighted by molar-refractivity contribution is 5.95. The van der Waals surface area contributed by atoms with Crippen molar-refractivity contribution in [3.05, 3.63) is 186 Å². The largest absolute Gasteiger partial charge is 0.208 e. The van der Waals surface area contributed by atoms with E-state index in [9.17, 15) is 0 Å². The van der Waals surface area contributed by atoms with Gasteiger partial charge < -0.3 is 0 Å². The van der Waals surface area contributed by atoms with Gasteiger partial charge in [-0.3, -0.25) is 0 Å². The van der Waals surface area contributed by atoms with E-state index >= 15 is 0 Å². The summed E-state index contributed by atoms with van der Waals surface area (Å²) in [4.78, 5) is 15.3. The molecular weight excluding hydrogens is 679 g/mol. The van der Waals surface area contributed by atoms with Gasteiger partial charge in [0.25, 0.3) is 0 Å². The molecule has 0 bridgehead atoms. The monoisotopic (exact) mass is 723 g/mol. The third kappa shape index (κ3) is 6.41. The lowest BCUT2D eigenvalue weighted by atomic mass is 9.65. The lowest BCUT2D eigenvalue weighted by Gasteiger charge is -2.39. The molecule has 1 heterocycles. The third-order valence-electron chi connectivity index (χ3n) is 12.3. The molecule has 3 heteroatoms. The zero-order valence-corrected chi connectivity index (χ0v) is 31.8. The maximum Gasteiger partial charge on any atom is 0.164 e. The van der Waals surface area contributed by atoms with Crippen LogP contribution in [0.1, 0.15) is 79.4 Å². The van der Waals surface area contributed by atoms with Gasteiger partial charge in [0.05, 0.1) is 0 Å². The van der Waals surface area contributed by atoms with E-state index in [1.807, 2.05) is 0 Å². The smallest absolute Gasteiger partial charge is 0.164 e. The predicted octanol–water partition coefficient (Wildman–Crippen LogP) is 13.6. The lowest BCUT2D eigenvalue weighted by Crippen LogP contribution is -2.30. The maximum absolute atomic E-state index is 5.14. The Morgan fingerprint density at radius 3 is 1.96 bits per heavy atom. The van der Waals surface area contributed by atoms with Crippen molar-refractivity contribution in [2.45, 2.75) is 63.2 Å². The van der Waals surface area contributed by atoms with Crippen molar-refractivity contribution in [3.63, 3.8) is 0 Å². The van der Waals surface area contributed by atoms with Crippen LogP contribution < -0.4 is 0 Å². The van der Waals surface area contributed by atoms with E-state index in [0.717, 1.165) is 66.4 Å². The first-order valence-corrected chi connectivity index (χ1v) is 20.4. The van der Waals surface area contributed by atoms with Crippen LogP contribution in [-0.4, -0.2) is 15.0 Å². The topological polar surface area (TPSA) is 38.7 Å². The Labute approximate surface area is 330 Å². The van der Waals surface area contributed by atoms with Gasteiger partial charge >= 0.3 is 0 Å². The number of aryl methyl sites for hydroxylation is 1. The minimum atomic E-state index is -0.0251. The Kier molecular flexibility index (Phi) is 9.07. The van der Waals surface area contributed by atoms with Gasteiger partial charge in [-0.15, -0.1) is 0 Å².